The number of amides is 1. The Labute approximate surface area is 197 Å². The molecular formula is C20H18ClN3O3S4. The molecule has 1 fully saturated rings. The lowest BCUT2D eigenvalue weighted by atomic mass is 9.97. The van der Waals surface area contributed by atoms with Gasteiger partial charge in [-0.2, -0.15) is 4.31 Å². The van der Waals surface area contributed by atoms with Crippen LogP contribution in [-0.2, 0) is 20.6 Å². The lowest BCUT2D eigenvalue weighted by molar-refractivity contribution is -0.120. The van der Waals surface area contributed by atoms with Gasteiger partial charge in [0.15, 0.2) is 5.13 Å². The number of thiazole rings is 1. The number of rotatable bonds is 4. The molecule has 2 aliphatic heterocycles. The highest BCUT2D eigenvalue weighted by Gasteiger charge is 2.33. The molecule has 31 heavy (non-hydrogen) atoms. The molecule has 5 rings (SSSR count). The highest BCUT2D eigenvalue weighted by molar-refractivity contribution is 7.98. The van der Waals surface area contributed by atoms with Crippen molar-refractivity contribution in [1.29, 1.82) is 0 Å². The minimum atomic E-state index is -3.56. The van der Waals surface area contributed by atoms with E-state index in [1.165, 1.54) is 26.6 Å². The fourth-order valence-electron chi connectivity index (χ4n) is 3.77. The highest BCUT2D eigenvalue weighted by Crippen LogP contribution is 2.44. The average Bonchev–Trinajstić information content (AvgIpc) is 3.40. The number of carbonyl (C=O) groups excluding carboxylic acids is 1. The topological polar surface area (TPSA) is 79.4 Å². The SMILES string of the molecule is O=C(Nc1nc2c(s1)CSc1ccccc1-2)C1CCN(S(=O)(=O)c2ccc(Cl)s2)CC1. The summed E-state index contributed by atoms with van der Waals surface area (Å²) in [6.07, 6.45) is 0.960. The molecule has 1 aromatic carbocycles. The van der Waals surface area contributed by atoms with Gasteiger partial charge in [0.05, 0.1) is 10.0 Å². The van der Waals surface area contributed by atoms with Gasteiger partial charge in [0, 0.05) is 40.1 Å². The first-order valence-corrected chi connectivity index (χ1v) is 14.1. The van der Waals surface area contributed by atoms with Crippen LogP contribution < -0.4 is 5.32 Å². The van der Waals surface area contributed by atoms with Gasteiger partial charge < -0.3 is 5.32 Å². The summed E-state index contributed by atoms with van der Waals surface area (Å²) in [6.45, 7) is 0.628. The lowest BCUT2D eigenvalue weighted by Gasteiger charge is -2.29. The Hall–Kier alpha value is -1.43. The largest absolute Gasteiger partial charge is 0.302 e. The fraction of sp³-hybridized carbons (Fsp3) is 0.300. The van der Waals surface area contributed by atoms with Gasteiger partial charge in [-0.1, -0.05) is 29.8 Å². The van der Waals surface area contributed by atoms with E-state index in [2.05, 4.69) is 22.4 Å². The first-order valence-electron chi connectivity index (χ1n) is 9.70. The van der Waals surface area contributed by atoms with Crippen molar-refractivity contribution in [2.75, 3.05) is 18.4 Å². The number of nitrogens with one attached hydrogen (secondary N) is 1. The zero-order valence-corrected chi connectivity index (χ0v) is 20.2. The molecule has 0 atom stereocenters. The van der Waals surface area contributed by atoms with E-state index in [-0.39, 0.29) is 16.0 Å². The monoisotopic (exact) mass is 511 g/mol. The van der Waals surface area contributed by atoms with Crippen LogP contribution in [0.15, 0.2) is 45.5 Å². The van der Waals surface area contributed by atoms with Gasteiger partial charge in [0.1, 0.15) is 4.21 Å². The lowest BCUT2D eigenvalue weighted by Crippen LogP contribution is -2.41. The van der Waals surface area contributed by atoms with Gasteiger partial charge >= 0.3 is 0 Å². The molecule has 2 aromatic heterocycles. The molecule has 0 spiro atoms. The number of benzene rings is 1. The standard InChI is InChI=1S/C20H18ClN3O3S4/c21-16-5-6-17(30-16)31(26,27)24-9-7-12(8-10-24)19(25)23-20-22-18-13-3-1-2-4-14(13)28-11-15(18)29-20/h1-6,12H,7-11H2,(H,22,23,25). The number of carbonyl (C=O) groups is 1. The molecule has 3 aromatic rings. The van der Waals surface area contributed by atoms with Crippen molar-refractivity contribution < 1.29 is 13.2 Å². The predicted molar refractivity (Wildman–Crippen MR) is 127 cm³/mol. The van der Waals surface area contributed by atoms with E-state index in [0.717, 1.165) is 33.2 Å². The highest BCUT2D eigenvalue weighted by atomic mass is 35.5. The van der Waals surface area contributed by atoms with Crippen LogP contribution in [0.25, 0.3) is 11.3 Å². The molecule has 2 aliphatic rings. The van der Waals surface area contributed by atoms with E-state index >= 15 is 0 Å². The molecule has 0 radical (unpaired) electrons. The Balaban J connectivity index is 1.24. The zero-order valence-electron chi connectivity index (χ0n) is 16.2. The number of anilines is 1. The van der Waals surface area contributed by atoms with Crippen LogP contribution in [0.1, 0.15) is 17.7 Å². The second-order valence-corrected chi connectivity index (χ2v) is 13.3. The summed E-state index contributed by atoms with van der Waals surface area (Å²) < 4.78 is 27.6. The van der Waals surface area contributed by atoms with E-state index in [1.807, 2.05) is 12.1 Å². The fourth-order valence-corrected chi connectivity index (χ4v) is 8.99. The Morgan fingerprint density at radius 2 is 1.90 bits per heavy atom. The number of thioether (sulfide) groups is 1. The molecule has 0 aliphatic carbocycles. The number of nitrogens with zero attached hydrogens (tertiary/aromatic N) is 2. The Morgan fingerprint density at radius 1 is 1.13 bits per heavy atom. The van der Waals surface area contributed by atoms with Crippen LogP contribution >= 0.6 is 46.0 Å². The van der Waals surface area contributed by atoms with Crippen LogP contribution in [0.3, 0.4) is 0 Å². The second kappa shape index (κ2) is 8.49. The number of hydrogen-bond acceptors (Lipinski definition) is 7. The van der Waals surface area contributed by atoms with Crippen molar-refractivity contribution in [1.82, 2.24) is 9.29 Å². The normalized spacial score (nSPS) is 17.2. The molecule has 11 heteroatoms. The van der Waals surface area contributed by atoms with Gasteiger partial charge in [-0.25, -0.2) is 13.4 Å². The minimum Gasteiger partial charge on any atom is -0.302 e. The quantitative estimate of drug-likeness (QED) is 0.522. The van der Waals surface area contributed by atoms with E-state index < -0.39 is 10.0 Å². The van der Waals surface area contributed by atoms with Crippen LogP contribution in [0.2, 0.25) is 4.34 Å². The average molecular weight is 512 g/mol. The van der Waals surface area contributed by atoms with E-state index in [9.17, 15) is 13.2 Å². The smallest absolute Gasteiger partial charge is 0.252 e. The molecular weight excluding hydrogens is 494 g/mol. The van der Waals surface area contributed by atoms with Crippen LogP contribution in [0, 0.1) is 5.92 Å². The van der Waals surface area contributed by atoms with Crippen molar-refractivity contribution in [2.24, 2.45) is 5.92 Å². The van der Waals surface area contributed by atoms with Crippen LogP contribution in [-0.4, -0.2) is 36.7 Å². The van der Waals surface area contributed by atoms with Crippen molar-refractivity contribution in [3.05, 3.63) is 45.6 Å². The van der Waals surface area contributed by atoms with E-state index in [0.29, 0.717) is 35.4 Å². The number of piperidine rings is 1. The van der Waals surface area contributed by atoms with Gasteiger partial charge in [-0.3, -0.25) is 4.79 Å². The summed E-state index contributed by atoms with van der Waals surface area (Å²) >= 11 is 10.2. The second-order valence-electron chi connectivity index (χ2n) is 7.30. The third-order valence-electron chi connectivity index (χ3n) is 5.40. The zero-order chi connectivity index (χ0) is 21.6. The maximum absolute atomic E-state index is 12.8. The number of thiophene rings is 1. The van der Waals surface area contributed by atoms with Crippen molar-refractivity contribution in [3.63, 3.8) is 0 Å². The molecule has 4 heterocycles. The van der Waals surface area contributed by atoms with Gasteiger partial charge in [-0.05, 0) is 31.0 Å². The minimum absolute atomic E-state index is 0.0942. The Bertz CT molecular complexity index is 1250. The summed E-state index contributed by atoms with van der Waals surface area (Å²) in [4.78, 5) is 19.9. The number of sulfonamides is 1. The summed E-state index contributed by atoms with van der Waals surface area (Å²) in [5.41, 5.74) is 2.06. The van der Waals surface area contributed by atoms with Crippen LogP contribution in [0.4, 0.5) is 5.13 Å². The summed E-state index contributed by atoms with van der Waals surface area (Å²) in [7, 11) is -3.56. The molecule has 0 saturated carbocycles. The number of halogens is 1. The Kier molecular flexibility index (Phi) is 5.87. The van der Waals surface area contributed by atoms with E-state index in [1.54, 1.807) is 17.8 Å². The van der Waals surface area contributed by atoms with E-state index in [4.69, 9.17) is 11.6 Å². The van der Waals surface area contributed by atoms with Gasteiger partial charge in [-0.15, -0.1) is 34.4 Å². The first kappa shape index (κ1) is 21.4. The molecule has 162 valence electrons. The molecule has 1 N–H and O–H groups in total. The first-order chi connectivity index (χ1) is 14.9. The van der Waals surface area contributed by atoms with Crippen LogP contribution in [0.5, 0.6) is 0 Å². The third-order valence-corrected chi connectivity index (χ3v) is 11.2. The molecule has 0 unspecified atom stereocenters. The molecule has 6 nitrogen and oxygen atoms in total. The maximum atomic E-state index is 12.8. The maximum Gasteiger partial charge on any atom is 0.252 e. The van der Waals surface area contributed by atoms with Gasteiger partial charge in [0.25, 0.3) is 10.0 Å². The van der Waals surface area contributed by atoms with Crippen molar-refractivity contribution in [3.8, 4) is 11.3 Å². The number of aromatic nitrogens is 1. The molecule has 1 amide bonds. The molecule has 1 saturated heterocycles. The molecule has 0 bridgehead atoms. The van der Waals surface area contributed by atoms with Crippen molar-refractivity contribution >= 4 is 67.1 Å². The summed E-state index contributed by atoms with van der Waals surface area (Å²) in [6, 6.07) is 11.3. The van der Waals surface area contributed by atoms with Crippen molar-refractivity contribution in [2.45, 2.75) is 27.7 Å². The van der Waals surface area contributed by atoms with Gasteiger partial charge in [0.2, 0.25) is 5.91 Å². The third kappa shape index (κ3) is 4.17. The Morgan fingerprint density at radius 3 is 2.65 bits per heavy atom. The number of fused-ring (bicyclic) bond motifs is 3. The summed E-state index contributed by atoms with van der Waals surface area (Å²) in [5.74, 6) is 0.521. The summed E-state index contributed by atoms with van der Waals surface area (Å²) in [5, 5.41) is 3.57. The predicted octanol–water partition coefficient (Wildman–Crippen LogP) is 5.17. The number of hydrogen-bond donors (Lipinski definition) is 1.